The predicted octanol–water partition coefficient (Wildman–Crippen LogP) is 3.18. The van der Waals surface area contributed by atoms with Gasteiger partial charge in [0.25, 0.3) is 11.2 Å². The van der Waals surface area contributed by atoms with Gasteiger partial charge in [-0.1, -0.05) is 0 Å². The van der Waals surface area contributed by atoms with Gasteiger partial charge in [0.1, 0.15) is 11.6 Å². The third-order valence-corrected chi connectivity index (χ3v) is 4.27. The zero-order chi connectivity index (χ0) is 18.7. The average molecular weight is 405 g/mol. The van der Waals surface area contributed by atoms with Crippen molar-refractivity contribution in [3.63, 3.8) is 0 Å². The third kappa shape index (κ3) is 3.44. The van der Waals surface area contributed by atoms with E-state index < -0.39 is 10.5 Å². The summed E-state index contributed by atoms with van der Waals surface area (Å²) < 4.78 is 1.48. The monoisotopic (exact) mass is 404 g/mol. The van der Waals surface area contributed by atoms with E-state index in [2.05, 4.69) is 20.9 Å². The Labute approximate surface area is 151 Å². The molecule has 0 aliphatic heterocycles. The number of aromatic nitrogens is 1. The molecule has 0 amide bonds. The van der Waals surface area contributed by atoms with Crippen molar-refractivity contribution in [2.75, 3.05) is 0 Å². The normalized spacial score (nSPS) is 10.8. The van der Waals surface area contributed by atoms with Gasteiger partial charge in [0.05, 0.1) is 16.2 Å². The number of nitrogens with zero attached hydrogens (tertiary/aromatic N) is 4. The second-order valence-electron chi connectivity index (χ2n) is 5.05. The molecule has 0 atom stereocenters. The van der Waals surface area contributed by atoms with Crippen LogP contribution in [-0.2, 0) is 6.54 Å². The first-order chi connectivity index (χ1) is 11.8. The van der Waals surface area contributed by atoms with Gasteiger partial charge in [-0.05, 0) is 41.4 Å². The molecule has 0 saturated carbocycles. The SMILES string of the molecule is CCn1c(O)c(C=Nc2ccc([N+](=O)[O-])cc2Br)c(C)c(C#N)c1=O. The van der Waals surface area contributed by atoms with Gasteiger partial charge in [-0.15, -0.1) is 0 Å². The standard InChI is InChI=1S/C16H13BrN4O4/c1-3-20-15(22)11(7-18)9(2)12(16(20)23)8-19-14-5-4-10(21(24)25)6-13(14)17/h4-6,8,23H,3H2,1-2H3. The molecule has 1 heterocycles. The van der Waals surface area contributed by atoms with E-state index in [-0.39, 0.29) is 29.2 Å². The number of rotatable bonds is 4. The third-order valence-electron chi connectivity index (χ3n) is 3.64. The Morgan fingerprint density at radius 3 is 2.72 bits per heavy atom. The summed E-state index contributed by atoms with van der Waals surface area (Å²) in [6.07, 6.45) is 1.32. The number of benzene rings is 1. The number of nitro benzene ring substituents is 1. The molecular weight excluding hydrogens is 392 g/mol. The molecule has 0 aliphatic carbocycles. The molecule has 0 spiro atoms. The highest BCUT2D eigenvalue weighted by Gasteiger charge is 2.17. The number of non-ortho nitro benzene ring substituents is 1. The lowest BCUT2D eigenvalue weighted by Crippen LogP contribution is -2.24. The zero-order valence-electron chi connectivity index (χ0n) is 13.4. The summed E-state index contributed by atoms with van der Waals surface area (Å²) in [4.78, 5) is 26.6. The average Bonchev–Trinajstić information content (AvgIpc) is 2.56. The Balaban J connectivity index is 2.58. The molecule has 0 fully saturated rings. The van der Waals surface area contributed by atoms with Crippen molar-refractivity contribution < 1.29 is 10.0 Å². The molecule has 25 heavy (non-hydrogen) atoms. The molecule has 0 radical (unpaired) electrons. The molecule has 1 aromatic heterocycles. The lowest BCUT2D eigenvalue weighted by molar-refractivity contribution is -0.384. The topological polar surface area (TPSA) is 122 Å². The largest absolute Gasteiger partial charge is 0.494 e. The fourth-order valence-electron chi connectivity index (χ4n) is 2.27. The van der Waals surface area contributed by atoms with Crippen molar-refractivity contribution >= 4 is 33.5 Å². The van der Waals surface area contributed by atoms with Gasteiger partial charge in [-0.3, -0.25) is 24.5 Å². The van der Waals surface area contributed by atoms with Gasteiger partial charge in [0.15, 0.2) is 0 Å². The maximum atomic E-state index is 12.1. The second kappa shape index (κ2) is 7.27. The fraction of sp³-hybridized carbons (Fsp3) is 0.188. The van der Waals surface area contributed by atoms with Crippen molar-refractivity contribution in [1.82, 2.24) is 4.57 Å². The van der Waals surface area contributed by atoms with E-state index in [1.165, 1.54) is 24.4 Å². The fourth-order valence-corrected chi connectivity index (χ4v) is 2.74. The summed E-state index contributed by atoms with van der Waals surface area (Å²) in [5.41, 5.74) is 0.241. The van der Waals surface area contributed by atoms with Crippen LogP contribution in [0.25, 0.3) is 0 Å². The van der Waals surface area contributed by atoms with Gasteiger partial charge in [-0.2, -0.15) is 5.26 Å². The van der Waals surface area contributed by atoms with Crippen LogP contribution in [0.5, 0.6) is 5.88 Å². The van der Waals surface area contributed by atoms with Crippen LogP contribution in [0.1, 0.15) is 23.6 Å². The molecule has 1 aromatic carbocycles. The highest BCUT2D eigenvalue weighted by atomic mass is 79.9. The van der Waals surface area contributed by atoms with E-state index in [1.807, 2.05) is 6.07 Å². The molecule has 1 N–H and O–H groups in total. The smallest absolute Gasteiger partial charge is 0.271 e. The lowest BCUT2D eigenvalue weighted by Gasteiger charge is -2.12. The Morgan fingerprint density at radius 2 is 2.20 bits per heavy atom. The highest BCUT2D eigenvalue weighted by Crippen LogP contribution is 2.30. The number of hydrogen-bond acceptors (Lipinski definition) is 6. The van der Waals surface area contributed by atoms with Gasteiger partial charge in [0.2, 0.25) is 5.88 Å². The van der Waals surface area contributed by atoms with E-state index in [9.17, 15) is 25.3 Å². The summed E-state index contributed by atoms with van der Waals surface area (Å²) in [6, 6.07) is 5.91. The Bertz CT molecular complexity index is 989. The number of aliphatic imine (C=N–C) groups is 1. The lowest BCUT2D eigenvalue weighted by atomic mass is 10.1. The van der Waals surface area contributed by atoms with Gasteiger partial charge in [-0.25, -0.2) is 0 Å². The molecule has 9 heteroatoms. The van der Waals surface area contributed by atoms with Gasteiger partial charge >= 0.3 is 0 Å². The van der Waals surface area contributed by atoms with Gasteiger partial charge in [0, 0.05) is 29.4 Å². The van der Waals surface area contributed by atoms with E-state index >= 15 is 0 Å². The number of nitriles is 1. The molecule has 0 bridgehead atoms. The molecule has 0 unspecified atom stereocenters. The Kier molecular flexibility index (Phi) is 5.34. The minimum absolute atomic E-state index is 0.0659. The number of nitro groups is 1. The zero-order valence-corrected chi connectivity index (χ0v) is 14.9. The molecule has 0 aliphatic rings. The molecule has 8 nitrogen and oxygen atoms in total. The quantitative estimate of drug-likeness (QED) is 0.476. The number of pyridine rings is 1. The molecule has 0 saturated heterocycles. The van der Waals surface area contributed by atoms with E-state index in [1.54, 1.807) is 13.8 Å². The first-order valence-corrected chi connectivity index (χ1v) is 7.95. The summed E-state index contributed by atoms with van der Waals surface area (Å²) in [6.45, 7) is 3.42. The van der Waals surface area contributed by atoms with Crippen LogP contribution in [0, 0.1) is 28.4 Å². The molecule has 128 valence electrons. The van der Waals surface area contributed by atoms with Crippen LogP contribution in [0.15, 0.2) is 32.5 Å². The number of hydrogen-bond donors (Lipinski definition) is 1. The van der Waals surface area contributed by atoms with E-state index in [0.29, 0.717) is 15.7 Å². The summed E-state index contributed by atoms with van der Waals surface area (Å²) >= 11 is 3.21. The maximum absolute atomic E-state index is 12.1. The van der Waals surface area contributed by atoms with Crippen LogP contribution >= 0.6 is 15.9 Å². The van der Waals surface area contributed by atoms with Crippen molar-refractivity contribution in [2.24, 2.45) is 4.99 Å². The first-order valence-electron chi connectivity index (χ1n) is 7.16. The van der Waals surface area contributed by atoms with Crippen LogP contribution in [-0.4, -0.2) is 20.8 Å². The van der Waals surface area contributed by atoms with Gasteiger partial charge < -0.3 is 5.11 Å². The Morgan fingerprint density at radius 1 is 1.52 bits per heavy atom. The van der Waals surface area contributed by atoms with Crippen LogP contribution in [0.4, 0.5) is 11.4 Å². The van der Waals surface area contributed by atoms with Crippen molar-refractivity contribution in [1.29, 1.82) is 5.26 Å². The van der Waals surface area contributed by atoms with Crippen LogP contribution in [0.3, 0.4) is 0 Å². The number of halogens is 1. The Hall–Kier alpha value is -2.99. The van der Waals surface area contributed by atoms with Crippen molar-refractivity contribution in [3.8, 4) is 11.9 Å². The maximum Gasteiger partial charge on any atom is 0.271 e. The first kappa shape index (κ1) is 18.4. The minimum Gasteiger partial charge on any atom is -0.494 e. The van der Waals surface area contributed by atoms with E-state index in [4.69, 9.17) is 0 Å². The van der Waals surface area contributed by atoms with Crippen LogP contribution in [0.2, 0.25) is 0 Å². The summed E-state index contributed by atoms with van der Waals surface area (Å²) in [7, 11) is 0. The predicted molar refractivity (Wildman–Crippen MR) is 95.5 cm³/mol. The van der Waals surface area contributed by atoms with Crippen molar-refractivity contribution in [3.05, 3.63) is 59.8 Å². The van der Waals surface area contributed by atoms with E-state index in [0.717, 1.165) is 4.57 Å². The molecule has 2 aromatic rings. The molecular formula is C16H13BrN4O4. The molecule has 2 rings (SSSR count). The summed E-state index contributed by atoms with van der Waals surface area (Å²) in [5.74, 6) is -0.286. The highest BCUT2D eigenvalue weighted by molar-refractivity contribution is 9.10. The van der Waals surface area contributed by atoms with Crippen LogP contribution < -0.4 is 5.56 Å². The number of aromatic hydroxyl groups is 1. The van der Waals surface area contributed by atoms with Crippen molar-refractivity contribution in [2.45, 2.75) is 20.4 Å². The second-order valence-corrected chi connectivity index (χ2v) is 5.90. The summed E-state index contributed by atoms with van der Waals surface area (Å²) in [5, 5.41) is 30.2. The minimum atomic E-state index is -0.561.